The number of benzene rings is 1. The predicted octanol–water partition coefficient (Wildman–Crippen LogP) is 3.65. The number of hydrogen-bond donors (Lipinski definition) is 0. The zero-order chi connectivity index (χ0) is 14.4. The lowest BCUT2D eigenvalue weighted by Gasteiger charge is -2.32. The van der Waals surface area contributed by atoms with Crippen molar-refractivity contribution in [3.05, 3.63) is 46.5 Å². The van der Waals surface area contributed by atoms with Gasteiger partial charge in [-0.3, -0.25) is 4.79 Å². The van der Waals surface area contributed by atoms with Gasteiger partial charge in [0.15, 0.2) is 0 Å². The Labute approximate surface area is 128 Å². The first-order chi connectivity index (χ1) is 9.70. The lowest BCUT2D eigenvalue weighted by Crippen LogP contribution is -2.43. The molecule has 0 radical (unpaired) electrons. The molecule has 1 fully saturated rings. The zero-order valence-electron chi connectivity index (χ0n) is 11.7. The predicted molar refractivity (Wildman–Crippen MR) is 83.8 cm³/mol. The van der Waals surface area contributed by atoms with Crippen molar-refractivity contribution < 1.29 is 9.53 Å². The highest BCUT2D eigenvalue weighted by Crippen LogP contribution is 2.18. The van der Waals surface area contributed by atoms with Crippen molar-refractivity contribution in [1.29, 1.82) is 0 Å². The quantitative estimate of drug-likeness (QED) is 0.785. The number of amides is 1. The molecule has 0 aliphatic carbocycles. The molecule has 2 rings (SSSR count). The van der Waals surface area contributed by atoms with Crippen LogP contribution in [0.25, 0.3) is 0 Å². The highest BCUT2D eigenvalue weighted by Gasteiger charge is 2.24. The van der Waals surface area contributed by atoms with Crippen molar-refractivity contribution in [3.63, 3.8) is 0 Å². The van der Waals surface area contributed by atoms with Crippen LogP contribution < -0.4 is 0 Å². The second-order valence-corrected chi connectivity index (χ2v) is 5.84. The van der Waals surface area contributed by atoms with Gasteiger partial charge < -0.3 is 9.64 Å². The van der Waals surface area contributed by atoms with E-state index in [1.807, 2.05) is 48.2 Å². The van der Waals surface area contributed by atoms with Crippen molar-refractivity contribution >= 4 is 21.8 Å². The SMILES string of the molecule is C/C=C\COC1CCCN(C(=O)c2cccc(Br)c2)C1. The van der Waals surface area contributed by atoms with Crippen LogP contribution in [0.15, 0.2) is 40.9 Å². The van der Waals surface area contributed by atoms with Crippen molar-refractivity contribution in [1.82, 2.24) is 4.90 Å². The number of carbonyl (C=O) groups excluding carboxylic acids is 1. The van der Waals surface area contributed by atoms with Gasteiger partial charge in [-0.15, -0.1) is 0 Å². The zero-order valence-corrected chi connectivity index (χ0v) is 13.3. The summed E-state index contributed by atoms with van der Waals surface area (Å²) < 4.78 is 6.71. The number of ether oxygens (including phenoxy) is 1. The molecule has 0 bridgehead atoms. The van der Waals surface area contributed by atoms with Gasteiger partial charge in [0, 0.05) is 23.1 Å². The van der Waals surface area contributed by atoms with Crippen LogP contribution in [0.5, 0.6) is 0 Å². The van der Waals surface area contributed by atoms with Gasteiger partial charge in [-0.1, -0.05) is 34.1 Å². The standard InChI is InChI=1S/C16H20BrNO2/c1-2-3-10-20-15-8-5-9-18(12-15)16(19)13-6-4-7-14(17)11-13/h2-4,6-7,11,15H,5,8-10,12H2,1H3/b3-2-. The van der Waals surface area contributed by atoms with Gasteiger partial charge >= 0.3 is 0 Å². The van der Waals surface area contributed by atoms with Crippen LogP contribution in [0.3, 0.4) is 0 Å². The molecule has 1 aromatic carbocycles. The Morgan fingerprint density at radius 3 is 3.15 bits per heavy atom. The summed E-state index contributed by atoms with van der Waals surface area (Å²) in [5.74, 6) is 0.0885. The maximum Gasteiger partial charge on any atom is 0.253 e. The Morgan fingerprint density at radius 1 is 1.55 bits per heavy atom. The Hall–Kier alpha value is -1.13. The second-order valence-electron chi connectivity index (χ2n) is 4.93. The molecule has 3 nitrogen and oxygen atoms in total. The van der Waals surface area contributed by atoms with Gasteiger partial charge in [-0.05, 0) is 38.0 Å². The van der Waals surface area contributed by atoms with Gasteiger partial charge in [-0.2, -0.15) is 0 Å². The molecule has 1 amide bonds. The molecule has 1 aliphatic rings. The third kappa shape index (κ3) is 4.18. The second kappa shape index (κ2) is 7.60. The monoisotopic (exact) mass is 337 g/mol. The molecule has 0 N–H and O–H groups in total. The molecule has 20 heavy (non-hydrogen) atoms. The van der Waals surface area contributed by atoms with Crippen LogP contribution >= 0.6 is 15.9 Å². The van der Waals surface area contributed by atoms with Crippen molar-refractivity contribution in [2.24, 2.45) is 0 Å². The normalized spacial score (nSPS) is 19.5. The fourth-order valence-corrected chi connectivity index (χ4v) is 2.75. The summed E-state index contributed by atoms with van der Waals surface area (Å²) in [6.45, 7) is 4.10. The number of carbonyl (C=O) groups is 1. The Kier molecular flexibility index (Phi) is 5.80. The van der Waals surface area contributed by atoms with E-state index in [1.54, 1.807) is 0 Å². The van der Waals surface area contributed by atoms with E-state index in [2.05, 4.69) is 15.9 Å². The number of piperidine rings is 1. The van der Waals surface area contributed by atoms with Crippen LogP contribution in [0.2, 0.25) is 0 Å². The van der Waals surface area contributed by atoms with Crippen LogP contribution in [0, 0.1) is 0 Å². The van der Waals surface area contributed by atoms with Gasteiger partial charge in [0.1, 0.15) is 0 Å². The number of hydrogen-bond acceptors (Lipinski definition) is 2. The minimum Gasteiger partial charge on any atom is -0.372 e. The lowest BCUT2D eigenvalue weighted by atomic mass is 10.1. The third-order valence-electron chi connectivity index (χ3n) is 3.40. The number of nitrogens with zero attached hydrogens (tertiary/aromatic N) is 1. The molecule has 1 aliphatic heterocycles. The van der Waals surface area contributed by atoms with E-state index in [1.165, 1.54) is 0 Å². The van der Waals surface area contributed by atoms with Crippen LogP contribution in [0.1, 0.15) is 30.1 Å². The molecule has 1 atom stereocenters. The first-order valence-electron chi connectivity index (χ1n) is 6.98. The van der Waals surface area contributed by atoms with E-state index >= 15 is 0 Å². The number of rotatable bonds is 4. The third-order valence-corrected chi connectivity index (χ3v) is 3.89. The minimum atomic E-state index is 0.0885. The molecular formula is C16H20BrNO2. The van der Waals surface area contributed by atoms with Gasteiger partial charge in [0.05, 0.1) is 12.7 Å². The summed E-state index contributed by atoms with van der Waals surface area (Å²) in [6.07, 6.45) is 6.15. The van der Waals surface area contributed by atoms with E-state index in [-0.39, 0.29) is 12.0 Å². The molecule has 0 spiro atoms. The summed E-state index contributed by atoms with van der Waals surface area (Å²) in [6, 6.07) is 7.54. The highest BCUT2D eigenvalue weighted by molar-refractivity contribution is 9.10. The van der Waals surface area contributed by atoms with E-state index in [0.717, 1.165) is 29.4 Å². The lowest BCUT2D eigenvalue weighted by molar-refractivity contribution is 0.0133. The molecule has 1 aromatic rings. The van der Waals surface area contributed by atoms with Crippen molar-refractivity contribution in [2.45, 2.75) is 25.9 Å². The van der Waals surface area contributed by atoms with E-state index < -0.39 is 0 Å². The summed E-state index contributed by atoms with van der Waals surface area (Å²) in [4.78, 5) is 14.4. The smallest absolute Gasteiger partial charge is 0.253 e. The van der Waals surface area contributed by atoms with Crippen molar-refractivity contribution in [3.8, 4) is 0 Å². The topological polar surface area (TPSA) is 29.5 Å². The van der Waals surface area contributed by atoms with E-state index in [0.29, 0.717) is 13.2 Å². The number of allylic oxidation sites excluding steroid dienone is 1. The van der Waals surface area contributed by atoms with Gasteiger partial charge in [0.25, 0.3) is 5.91 Å². The minimum absolute atomic E-state index is 0.0885. The Bertz CT molecular complexity index is 487. The average molecular weight is 338 g/mol. The average Bonchev–Trinajstić information content (AvgIpc) is 2.47. The molecule has 1 unspecified atom stereocenters. The molecule has 0 saturated carbocycles. The summed E-state index contributed by atoms with van der Waals surface area (Å²) in [7, 11) is 0. The fourth-order valence-electron chi connectivity index (χ4n) is 2.35. The summed E-state index contributed by atoms with van der Waals surface area (Å²) >= 11 is 3.41. The molecule has 0 aromatic heterocycles. The first-order valence-corrected chi connectivity index (χ1v) is 7.77. The van der Waals surface area contributed by atoms with Gasteiger partial charge in [-0.25, -0.2) is 0 Å². The van der Waals surface area contributed by atoms with Crippen LogP contribution in [-0.2, 0) is 4.74 Å². The van der Waals surface area contributed by atoms with Crippen LogP contribution in [0.4, 0.5) is 0 Å². The Morgan fingerprint density at radius 2 is 2.40 bits per heavy atom. The van der Waals surface area contributed by atoms with Gasteiger partial charge in [0.2, 0.25) is 0 Å². The summed E-state index contributed by atoms with van der Waals surface area (Å²) in [5, 5.41) is 0. The maximum atomic E-state index is 12.5. The highest BCUT2D eigenvalue weighted by atomic mass is 79.9. The summed E-state index contributed by atoms with van der Waals surface area (Å²) in [5.41, 5.74) is 0.730. The number of likely N-dealkylation sites (tertiary alicyclic amines) is 1. The maximum absolute atomic E-state index is 12.5. The van der Waals surface area contributed by atoms with E-state index in [4.69, 9.17) is 4.74 Å². The molecular weight excluding hydrogens is 318 g/mol. The molecule has 4 heteroatoms. The Balaban J connectivity index is 1.96. The number of halogens is 1. The fraction of sp³-hybridized carbons (Fsp3) is 0.438. The molecule has 108 valence electrons. The molecule has 1 heterocycles. The molecule has 1 saturated heterocycles. The van der Waals surface area contributed by atoms with Crippen LogP contribution in [-0.4, -0.2) is 36.6 Å². The van der Waals surface area contributed by atoms with Crippen molar-refractivity contribution in [2.75, 3.05) is 19.7 Å². The first kappa shape index (κ1) is 15.3. The largest absolute Gasteiger partial charge is 0.372 e. The van der Waals surface area contributed by atoms with E-state index in [9.17, 15) is 4.79 Å².